The fraction of sp³-hybridized carbons (Fsp3) is 0.0357. The number of carbonyl (C=O) groups is 1. The van der Waals surface area contributed by atoms with Gasteiger partial charge in [-0.15, -0.1) is 0 Å². The molecule has 0 aromatic heterocycles. The molecule has 0 saturated heterocycles. The van der Waals surface area contributed by atoms with Crippen LogP contribution in [0.4, 0.5) is 0 Å². The zero-order chi connectivity index (χ0) is 20.6. The molecule has 146 valence electrons. The van der Waals surface area contributed by atoms with E-state index in [9.17, 15) is 4.79 Å². The molecular formula is C28H16O3. The first-order valence-electron chi connectivity index (χ1n) is 10.3. The molecule has 1 unspecified atom stereocenters. The Morgan fingerprint density at radius 1 is 0.613 bits per heavy atom. The standard InChI is InChI=1S/C28H16O3/c29-27-21-11-5-6-12-22(21)28(31-27)23-15-18-8-1-2-9-19(18)16-25(23)30-24-14-13-17-7-3-4-10-20(17)26(24)28/h1-16H. The third kappa shape index (κ3) is 2.05. The Morgan fingerprint density at radius 3 is 2.19 bits per heavy atom. The van der Waals surface area contributed by atoms with Crippen molar-refractivity contribution >= 4 is 27.5 Å². The number of hydrogen-bond donors (Lipinski definition) is 0. The van der Waals surface area contributed by atoms with Crippen molar-refractivity contribution in [2.75, 3.05) is 0 Å². The fourth-order valence-corrected chi connectivity index (χ4v) is 5.13. The van der Waals surface area contributed by atoms with Crippen LogP contribution in [0.3, 0.4) is 0 Å². The Balaban J connectivity index is 1.69. The molecule has 5 aromatic carbocycles. The molecular weight excluding hydrogens is 384 g/mol. The smallest absolute Gasteiger partial charge is 0.340 e. The average Bonchev–Trinajstić information content (AvgIpc) is 3.11. The second-order valence-electron chi connectivity index (χ2n) is 8.07. The van der Waals surface area contributed by atoms with Crippen LogP contribution in [0.2, 0.25) is 0 Å². The second-order valence-corrected chi connectivity index (χ2v) is 8.07. The van der Waals surface area contributed by atoms with E-state index in [1.54, 1.807) is 0 Å². The summed E-state index contributed by atoms with van der Waals surface area (Å²) in [5, 5.41) is 4.25. The third-order valence-corrected chi connectivity index (χ3v) is 6.46. The Morgan fingerprint density at radius 2 is 1.32 bits per heavy atom. The van der Waals surface area contributed by atoms with Crippen molar-refractivity contribution in [1.29, 1.82) is 0 Å². The maximum atomic E-state index is 13.1. The molecule has 0 radical (unpaired) electrons. The van der Waals surface area contributed by atoms with Crippen molar-refractivity contribution in [3.05, 3.63) is 119 Å². The molecule has 0 N–H and O–H groups in total. The van der Waals surface area contributed by atoms with Crippen LogP contribution in [0, 0.1) is 0 Å². The van der Waals surface area contributed by atoms with E-state index in [0.717, 1.165) is 38.2 Å². The predicted molar refractivity (Wildman–Crippen MR) is 120 cm³/mol. The molecule has 0 aliphatic carbocycles. The second kappa shape index (κ2) is 5.73. The van der Waals surface area contributed by atoms with Gasteiger partial charge in [-0.2, -0.15) is 0 Å². The van der Waals surface area contributed by atoms with Crippen molar-refractivity contribution < 1.29 is 14.3 Å². The Hall–Kier alpha value is -4.11. The van der Waals surface area contributed by atoms with Gasteiger partial charge in [-0.05, 0) is 45.8 Å². The van der Waals surface area contributed by atoms with Gasteiger partial charge in [0.05, 0.1) is 11.1 Å². The minimum absolute atomic E-state index is 0.310. The summed E-state index contributed by atoms with van der Waals surface area (Å²) in [7, 11) is 0. The molecule has 2 heterocycles. The molecule has 0 fully saturated rings. The van der Waals surface area contributed by atoms with Gasteiger partial charge in [-0.3, -0.25) is 0 Å². The number of rotatable bonds is 0. The van der Waals surface area contributed by atoms with Crippen molar-refractivity contribution in [2.45, 2.75) is 5.60 Å². The van der Waals surface area contributed by atoms with Crippen LogP contribution in [0.5, 0.6) is 11.5 Å². The number of carbonyl (C=O) groups excluding carboxylic acids is 1. The molecule has 1 atom stereocenters. The zero-order valence-corrected chi connectivity index (χ0v) is 16.5. The first-order valence-corrected chi connectivity index (χ1v) is 10.3. The van der Waals surface area contributed by atoms with Crippen LogP contribution in [-0.2, 0) is 10.3 Å². The van der Waals surface area contributed by atoms with Gasteiger partial charge in [-0.1, -0.05) is 72.8 Å². The molecule has 3 heteroatoms. The Labute approximate surface area is 178 Å². The number of hydrogen-bond acceptors (Lipinski definition) is 3. The molecule has 31 heavy (non-hydrogen) atoms. The van der Waals surface area contributed by atoms with E-state index in [1.165, 1.54) is 0 Å². The largest absolute Gasteiger partial charge is 0.456 e. The minimum atomic E-state index is -1.05. The molecule has 2 aliphatic heterocycles. The van der Waals surface area contributed by atoms with E-state index < -0.39 is 5.60 Å². The van der Waals surface area contributed by atoms with E-state index in [2.05, 4.69) is 36.4 Å². The van der Waals surface area contributed by atoms with Crippen LogP contribution in [0.1, 0.15) is 27.0 Å². The first-order chi connectivity index (χ1) is 15.3. The quantitative estimate of drug-likeness (QED) is 0.276. The lowest BCUT2D eigenvalue weighted by Crippen LogP contribution is -2.33. The highest BCUT2D eigenvalue weighted by Crippen LogP contribution is 2.58. The summed E-state index contributed by atoms with van der Waals surface area (Å²) in [4.78, 5) is 13.1. The summed E-state index contributed by atoms with van der Waals surface area (Å²) in [5.74, 6) is 1.12. The van der Waals surface area contributed by atoms with Crippen LogP contribution in [-0.4, -0.2) is 5.97 Å². The number of fused-ring (bicyclic) bond motifs is 9. The topological polar surface area (TPSA) is 35.5 Å². The van der Waals surface area contributed by atoms with Crippen LogP contribution < -0.4 is 4.74 Å². The van der Waals surface area contributed by atoms with Crippen LogP contribution in [0.25, 0.3) is 21.5 Å². The lowest BCUT2D eigenvalue weighted by molar-refractivity contribution is 0.0230. The van der Waals surface area contributed by atoms with Crippen molar-refractivity contribution in [2.24, 2.45) is 0 Å². The van der Waals surface area contributed by atoms with E-state index >= 15 is 0 Å². The van der Waals surface area contributed by atoms with E-state index in [1.807, 2.05) is 60.7 Å². The molecule has 5 aromatic rings. The highest BCUT2D eigenvalue weighted by Gasteiger charge is 2.54. The number of benzene rings is 5. The van der Waals surface area contributed by atoms with Gasteiger partial charge in [0.1, 0.15) is 11.5 Å². The van der Waals surface area contributed by atoms with Gasteiger partial charge in [0.2, 0.25) is 0 Å². The zero-order valence-electron chi connectivity index (χ0n) is 16.5. The summed E-state index contributed by atoms with van der Waals surface area (Å²) in [6.45, 7) is 0. The molecule has 3 nitrogen and oxygen atoms in total. The number of esters is 1. The van der Waals surface area contributed by atoms with Crippen LogP contribution >= 0.6 is 0 Å². The summed E-state index contributed by atoms with van der Waals surface area (Å²) < 4.78 is 12.8. The minimum Gasteiger partial charge on any atom is -0.456 e. The summed E-state index contributed by atoms with van der Waals surface area (Å²) in [6, 6.07) is 32.2. The maximum Gasteiger partial charge on any atom is 0.340 e. The van der Waals surface area contributed by atoms with Gasteiger partial charge in [0, 0.05) is 11.1 Å². The normalized spacial score (nSPS) is 18.4. The van der Waals surface area contributed by atoms with Crippen molar-refractivity contribution in [3.63, 3.8) is 0 Å². The number of ether oxygens (including phenoxy) is 2. The van der Waals surface area contributed by atoms with Crippen molar-refractivity contribution in [1.82, 2.24) is 0 Å². The molecule has 0 saturated carbocycles. The lowest BCUT2D eigenvalue weighted by atomic mass is 9.75. The predicted octanol–water partition coefficient (Wildman–Crippen LogP) is 6.56. The molecule has 1 spiro atoms. The highest BCUT2D eigenvalue weighted by molar-refractivity contribution is 6.00. The average molecular weight is 400 g/mol. The van der Waals surface area contributed by atoms with Gasteiger partial charge in [0.25, 0.3) is 0 Å². The molecule has 7 rings (SSSR count). The monoisotopic (exact) mass is 400 g/mol. The highest BCUT2D eigenvalue weighted by atomic mass is 16.6. The van der Waals surface area contributed by atoms with Gasteiger partial charge < -0.3 is 9.47 Å². The van der Waals surface area contributed by atoms with Crippen molar-refractivity contribution in [3.8, 4) is 11.5 Å². The molecule has 2 aliphatic rings. The van der Waals surface area contributed by atoms with Gasteiger partial charge in [0.15, 0.2) is 5.60 Å². The first kappa shape index (κ1) is 16.7. The fourth-order valence-electron chi connectivity index (χ4n) is 5.13. The van der Waals surface area contributed by atoms with E-state index in [4.69, 9.17) is 9.47 Å². The van der Waals surface area contributed by atoms with E-state index in [0.29, 0.717) is 17.1 Å². The lowest BCUT2D eigenvalue weighted by Gasteiger charge is -2.37. The maximum absolute atomic E-state index is 13.1. The van der Waals surface area contributed by atoms with Gasteiger partial charge >= 0.3 is 5.97 Å². The Bertz CT molecular complexity index is 1570. The summed E-state index contributed by atoms with van der Waals surface area (Å²) in [6.07, 6.45) is 0. The SMILES string of the molecule is O=C1OC2(c3cc4ccccc4cc3Oc3ccc4ccccc4c32)c2ccccc21. The molecule has 0 amide bonds. The van der Waals surface area contributed by atoms with E-state index in [-0.39, 0.29) is 5.97 Å². The summed E-state index contributed by atoms with van der Waals surface area (Å²) >= 11 is 0. The van der Waals surface area contributed by atoms with Gasteiger partial charge in [-0.25, -0.2) is 4.79 Å². The summed E-state index contributed by atoms with van der Waals surface area (Å²) in [5.41, 5.74) is 2.14. The Kier molecular flexibility index (Phi) is 3.08. The third-order valence-electron chi connectivity index (χ3n) is 6.46. The van der Waals surface area contributed by atoms with Crippen LogP contribution in [0.15, 0.2) is 97.1 Å². The molecule has 0 bridgehead atoms.